The minimum atomic E-state index is -0.868. The Morgan fingerprint density at radius 2 is 2.13 bits per heavy atom. The van der Waals surface area contributed by atoms with E-state index in [-0.39, 0.29) is 11.9 Å². The Morgan fingerprint density at radius 1 is 1.47 bits per heavy atom. The monoisotopic (exact) mass is 207 g/mol. The molecule has 4 nitrogen and oxygen atoms in total. The van der Waals surface area contributed by atoms with Gasteiger partial charge in [-0.15, -0.1) is 0 Å². The first kappa shape index (κ1) is 10.1. The number of aliphatic hydroxyl groups excluding tert-OH is 1. The molecule has 0 aromatic heterocycles. The van der Waals surface area contributed by atoms with Crippen LogP contribution < -0.4 is 0 Å². The molecule has 1 saturated heterocycles. The van der Waals surface area contributed by atoms with E-state index in [0.29, 0.717) is 12.0 Å². The summed E-state index contributed by atoms with van der Waals surface area (Å²) in [6.07, 6.45) is -0.411. The Labute approximate surface area is 88.0 Å². The van der Waals surface area contributed by atoms with Crippen molar-refractivity contribution in [1.82, 2.24) is 5.06 Å². The van der Waals surface area contributed by atoms with Crippen molar-refractivity contribution < 1.29 is 14.7 Å². The number of hydroxylamine groups is 2. The summed E-state index contributed by atoms with van der Waals surface area (Å²) in [5.74, 6) is -0.209. The Balaban J connectivity index is 2.15. The maximum Gasteiger partial charge on any atom is 0.277 e. The second-order valence-electron chi connectivity index (χ2n) is 3.64. The van der Waals surface area contributed by atoms with Crippen LogP contribution in [0.4, 0.5) is 0 Å². The van der Waals surface area contributed by atoms with Crippen LogP contribution in [0, 0.1) is 0 Å². The molecule has 1 N–H and O–H groups in total. The van der Waals surface area contributed by atoms with E-state index in [2.05, 4.69) is 0 Å². The van der Waals surface area contributed by atoms with Gasteiger partial charge in [0.1, 0.15) is 0 Å². The molecule has 1 amide bonds. The van der Waals surface area contributed by atoms with Gasteiger partial charge in [-0.05, 0) is 19.1 Å². The molecule has 15 heavy (non-hydrogen) atoms. The van der Waals surface area contributed by atoms with E-state index in [1.807, 2.05) is 13.0 Å². The second kappa shape index (κ2) is 4.00. The number of aliphatic hydroxyl groups is 1. The maximum atomic E-state index is 11.9. The van der Waals surface area contributed by atoms with E-state index in [0.717, 1.165) is 0 Å². The molecular formula is C11H13NO3. The van der Waals surface area contributed by atoms with Crippen molar-refractivity contribution in [2.75, 3.05) is 0 Å². The van der Waals surface area contributed by atoms with Crippen LogP contribution >= 0.6 is 0 Å². The van der Waals surface area contributed by atoms with Crippen LogP contribution in [0.1, 0.15) is 23.7 Å². The molecule has 80 valence electrons. The van der Waals surface area contributed by atoms with Crippen LogP contribution in [0.25, 0.3) is 0 Å². The number of carbonyl (C=O) groups excluding carboxylic acids is 1. The van der Waals surface area contributed by atoms with Crippen molar-refractivity contribution in [3.05, 3.63) is 35.9 Å². The molecule has 0 spiro atoms. The fourth-order valence-corrected chi connectivity index (χ4v) is 1.62. The van der Waals surface area contributed by atoms with Crippen molar-refractivity contribution in [2.24, 2.45) is 0 Å². The van der Waals surface area contributed by atoms with E-state index >= 15 is 0 Å². The van der Waals surface area contributed by atoms with Gasteiger partial charge in [-0.25, -0.2) is 9.90 Å². The highest BCUT2D eigenvalue weighted by molar-refractivity contribution is 5.93. The van der Waals surface area contributed by atoms with Crippen molar-refractivity contribution in [3.8, 4) is 0 Å². The van der Waals surface area contributed by atoms with E-state index in [9.17, 15) is 9.90 Å². The molecule has 2 atom stereocenters. The van der Waals surface area contributed by atoms with Gasteiger partial charge >= 0.3 is 0 Å². The molecule has 0 radical (unpaired) electrons. The highest BCUT2D eigenvalue weighted by Crippen LogP contribution is 2.21. The summed E-state index contributed by atoms with van der Waals surface area (Å²) in [6.45, 7) is 1.84. The van der Waals surface area contributed by atoms with Crippen molar-refractivity contribution in [3.63, 3.8) is 0 Å². The van der Waals surface area contributed by atoms with E-state index < -0.39 is 6.29 Å². The summed E-state index contributed by atoms with van der Waals surface area (Å²) in [5, 5.41) is 10.5. The number of benzene rings is 1. The Bertz CT molecular complexity index is 352. The normalized spacial score (nSPS) is 25.6. The fraction of sp³-hybridized carbons (Fsp3) is 0.364. The van der Waals surface area contributed by atoms with Gasteiger partial charge in [0.2, 0.25) is 0 Å². The summed E-state index contributed by atoms with van der Waals surface area (Å²) in [6, 6.07) is 8.80. The summed E-state index contributed by atoms with van der Waals surface area (Å²) in [5.41, 5.74) is 0.568. The molecule has 2 unspecified atom stereocenters. The van der Waals surface area contributed by atoms with Crippen LogP contribution in [-0.2, 0) is 4.84 Å². The molecule has 1 aliphatic rings. The highest BCUT2D eigenvalue weighted by Gasteiger charge is 2.33. The quantitative estimate of drug-likeness (QED) is 0.752. The lowest BCUT2D eigenvalue weighted by molar-refractivity contribution is -0.192. The van der Waals surface area contributed by atoms with Crippen LogP contribution in [-0.4, -0.2) is 28.4 Å². The van der Waals surface area contributed by atoms with Crippen molar-refractivity contribution in [1.29, 1.82) is 0 Å². The number of amides is 1. The lowest BCUT2D eigenvalue weighted by Gasteiger charge is -2.18. The summed E-state index contributed by atoms with van der Waals surface area (Å²) >= 11 is 0. The van der Waals surface area contributed by atoms with Gasteiger partial charge < -0.3 is 5.11 Å². The number of carbonyl (C=O) groups is 1. The van der Waals surface area contributed by atoms with Gasteiger partial charge in [0.25, 0.3) is 5.91 Å². The largest absolute Gasteiger partial charge is 0.366 e. The number of hydrogen-bond acceptors (Lipinski definition) is 3. The molecule has 4 heteroatoms. The lowest BCUT2D eigenvalue weighted by atomic mass is 10.2. The third kappa shape index (κ3) is 2.00. The number of hydrogen-bond donors (Lipinski definition) is 1. The minimum absolute atomic E-state index is 0.0901. The maximum absolute atomic E-state index is 11.9. The van der Waals surface area contributed by atoms with E-state index in [1.54, 1.807) is 24.3 Å². The summed E-state index contributed by atoms with van der Waals surface area (Å²) < 4.78 is 0. The Morgan fingerprint density at radius 3 is 2.67 bits per heavy atom. The molecular weight excluding hydrogens is 194 g/mol. The third-order valence-electron chi connectivity index (χ3n) is 2.40. The molecule has 1 fully saturated rings. The molecule has 1 heterocycles. The summed E-state index contributed by atoms with van der Waals surface area (Å²) in [4.78, 5) is 16.9. The predicted octanol–water partition coefficient (Wildman–Crippen LogP) is 1.17. The third-order valence-corrected chi connectivity index (χ3v) is 2.40. The van der Waals surface area contributed by atoms with Gasteiger partial charge in [-0.1, -0.05) is 18.2 Å². The van der Waals surface area contributed by atoms with Crippen molar-refractivity contribution in [2.45, 2.75) is 25.7 Å². The zero-order valence-electron chi connectivity index (χ0n) is 8.46. The molecule has 1 aromatic carbocycles. The molecule has 0 saturated carbocycles. The predicted molar refractivity (Wildman–Crippen MR) is 53.8 cm³/mol. The van der Waals surface area contributed by atoms with Gasteiger partial charge in [0.15, 0.2) is 6.29 Å². The van der Waals surface area contributed by atoms with E-state index in [1.165, 1.54) is 5.06 Å². The molecule has 1 aromatic rings. The van der Waals surface area contributed by atoms with Crippen molar-refractivity contribution >= 4 is 5.91 Å². The van der Waals surface area contributed by atoms with Gasteiger partial charge in [-0.2, -0.15) is 0 Å². The zero-order chi connectivity index (χ0) is 10.8. The second-order valence-corrected chi connectivity index (χ2v) is 3.64. The highest BCUT2D eigenvalue weighted by atomic mass is 16.8. The molecule has 2 rings (SSSR count). The first-order valence-corrected chi connectivity index (χ1v) is 4.92. The van der Waals surface area contributed by atoms with Crippen LogP contribution in [0.2, 0.25) is 0 Å². The number of rotatable bonds is 1. The van der Waals surface area contributed by atoms with Gasteiger partial charge in [0, 0.05) is 12.0 Å². The SMILES string of the molecule is CC1CC(O)ON1C(=O)c1ccccc1. The summed E-state index contributed by atoms with van der Waals surface area (Å²) in [7, 11) is 0. The first-order valence-electron chi connectivity index (χ1n) is 4.92. The Kier molecular flexibility index (Phi) is 2.70. The minimum Gasteiger partial charge on any atom is -0.366 e. The average Bonchev–Trinajstić information content (AvgIpc) is 2.58. The van der Waals surface area contributed by atoms with Crippen LogP contribution in [0.3, 0.4) is 0 Å². The average molecular weight is 207 g/mol. The van der Waals surface area contributed by atoms with E-state index in [4.69, 9.17) is 4.84 Å². The van der Waals surface area contributed by atoms with Gasteiger partial charge in [-0.3, -0.25) is 4.79 Å². The smallest absolute Gasteiger partial charge is 0.277 e. The van der Waals surface area contributed by atoms with Gasteiger partial charge in [0.05, 0.1) is 6.04 Å². The van der Waals surface area contributed by atoms with Crippen LogP contribution in [0.5, 0.6) is 0 Å². The molecule has 0 aliphatic carbocycles. The first-order chi connectivity index (χ1) is 7.18. The lowest BCUT2D eigenvalue weighted by Crippen LogP contribution is -2.32. The Hall–Kier alpha value is -1.39. The number of nitrogens with zero attached hydrogens (tertiary/aromatic N) is 1. The molecule has 0 bridgehead atoms. The zero-order valence-corrected chi connectivity index (χ0v) is 8.46. The fourth-order valence-electron chi connectivity index (χ4n) is 1.62. The molecule has 1 aliphatic heterocycles. The topological polar surface area (TPSA) is 49.8 Å². The van der Waals surface area contributed by atoms with Crippen LogP contribution in [0.15, 0.2) is 30.3 Å². The standard InChI is InChI=1S/C11H13NO3/c1-8-7-10(13)15-12(8)11(14)9-5-3-2-4-6-9/h2-6,8,10,13H,7H2,1H3.